The molecule has 10 heteroatoms. The number of rotatable bonds is 3. The molecule has 0 unspecified atom stereocenters. The van der Waals surface area contributed by atoms with Crippen LogP contribution in [0.1, 0.15) is 37.0 Å². The third-order valence-electron chi connectivity index (χ3n) is 5.12. The Balaban J connectivity index is 1.78. The van der Waals surface area contributed by atoms with Crippen LogP contribution in [0.15, 0.2) is 52.2 Å². The lowest BCUT2D eigenvalue weighted by molar-refractivity contribution is 0.102. The van der Waals surface area contributed by atoms with E-state index in [4.69, 9.17) is 0 Å². The lowest BCUT2D eigenvalue weighted by atomic mass is 9.92. The molecule has 0 saturated heterocycles. The van der Waals surface area contributed by atoms with Crippen molar-refractivity contribution in [2.24, 2.45) is 14.1 Å². The highest BCUT2D eigenvalue weighted by Crippen LogP contribution is 2.26. The van der Waals surface area contributed by atoms with E-state index in [-0.39, 0.29) is 22.1 Å². The van der Waals surface area contributed by atoms with Gasteiger partial charge in [0, 0.05) is 31.8 Å². The molecule has 0 saturated carbocycles. The SMILES string of the molecule is Cn1c(=O)c2ccc(C(=O)Nc3cc(C(C)(C)C)nn3-c3ccccn3)nc2n(C)c1=O. The average molecular weight is 433 g/mol. The number of aryl methyl sites for hydroxylation is 1. The van der Waals surface area contributed by atoms with E-state index in [2.05, 4.69) is 20.4 Å². The molecule has 0 spiro atoms. The first-order valence-corrected chi connectivity index (χ1v) is 9.98. The quantitative estimate of drug-likeness (QED) is 0.526. The van der Waals surface area contributed by atoms with Gasteiger partial charge in [-0.15, -0.1) is 0 Å². The first-order valence-electron chi connectivity index (χ1n) is 9.98. The van der Waals surface area contributed by atoms with Crippen LogP contribution >= 0.6 is 0 Å². The Bertz CT molecular complexity index is 1460. The van der Waals surface area contributed by atoms with E-state index in [1.54, 1.807) is 29.1 Å². The van der Waals surface area contributed by atoms with Crippen molar-refractivity contribution in [1.82, 2.24) is 28.9 Å². The fourth-order valence-electron chi connectivity index (χ4n) is 3.25. The fourth-order valence-corrected chi connectivity index (χ4v) is 3.25. The van der Waals surface area contributed by atoms with Gasteiger partial charge in [-0.2, -0.15) is 9.78 Å². The largest absolute Gasteiger partial charge is 0.332 e. The van der Waals surface area contributed by atoms with Crippen LogP contribution in [0.25, 0.3) is 16.9 Å². The van der Waals surface area contributed by atoms with Crippen LogP contribution in [0.4, 0.5) is 5.82 Å². The molecular formula is C22H23N7O3. The molecule has 4 aromatic rings. The number of amides is 1. The molecule has 1 amide bonds. The summed E-state index contributed by atoms with van der Waals surface area (Å²) < 4.78 is 3.80. The Morgan fingerprint density at radius 3 is 2.44 bits per heavy atom. The first kappa shape index (κ1) is 21.2. The van der Waals surface area contributed by atoms with Gasteiger partial charge in [0.05, 0.1) is 11.1 Å². The molecule has 4 rings (SSSR count). The number of pyridine rings is 2. The van der Waals surface area contributed by atoms with E-state index in [0.717, 1.165) is 10.3 Å². The number of anilines is 1. The van der Waals surface area contributed by atoms with Crippen LogP contribution in [0.5, 0.6) is 0 Å². The molecule has 0 aliphatic heterocycles. The van der Waals surface area contributed by atoms with Crippen molar-refractivity contribution >= 4 is 22.8 Å². The highest BCUT2D eigenvalue weighted by molar-refractivity contribution is 6.03. The molecule has 0 aromatic carbocycles. The summed E-state index contributed by atoms with van der Waals surface area (Å²) >= 11 is 0. The van der Waals surface area contributed by atoms with Crippen molar-refractivity contribution in [2.45, 2.75) is 26.2 Å². The number of hydrogen-bond acceptors (Lipinski definition) is 6. The van der Waals surface area contributed by atoms with Gasteiger partial charge >= 0.3 is 5.69 Å². The van der Waals surface area contributed by atoms with Gasteiger partial charge in [-0.3, -0.25) is 18.7 Å². The Hall–Kier alpha value is -4.08. The van der Waals surface area contributed by atoms with Gasteiger partial charge in [0.2, 0.25) is 0 Å². The number of carbonyl (C=O) groups is 1. The molecule has 0 bridgehead atoms. The zero-order valence-electron chi connectivity index (χ0n) is 18.4. The fraction of sp³-hybridized carbons (Fsp3) is 0.273. The summed E-state index contributed by atoms with van der Waals surface area (Å²) in [5, 5.41) is 7.71. The van der Waals surface area contributed by atoms with Gasteiger partial charge in [-0.1, -0.05) is 26.8 Å². The van der Waals surface area contributed by atoms with Gasteiger partial charge in [-0.05, 0) is 24.3 Å². The van der Waals surface area contributed by atoms with E-state index in [1.807, 2.05) is 26.8 Å². The van der Waals surface area contributed by atoms with Gasteiger partial charge in [0.1, 0.15) is 17.2 Å². The van der Waals surface area contributed by atoms with E-state index in [1.165, 1.54) is 30.8 Å². The normalized spacial score (nSPS) is 11.7. The smallest absolute Gasteiger partial charge is 0.305 e. The summed E-state index contributed by atoms with van der Waals surface area (Å²) in [6, 6.07) is 10.2. The van der Waals surface area contributed by atoms with Crippen molar-refractivity contribution in [3.8, 4) is 5.82 Å². The summed E-state index contributed by atoms with van der Waals surface area (Å²) in [6.07, 6.45) is 1.64. The van der Waals surface area contributed by atoms with Gasteiger partial charge in [-0.25, -0.2) is 14.8 Å². The van der Waals surface area contributed by atoms with Crippen molar-refractivity contribution in [1.29, 1.82) is 0 Å². The Morgan fingerprint density at radius 1 is 1.03 bits per heavy atom. The van der Waals surface area contributed by atoms with Crippen LogP contribution in [-0.4, -0.2) is 34.8 Å². The van der Waals surface area contributed by atoms with Crippen LogP contribution in [0.3, 0.4) is 0 Å². The van der Waals surface area contributed by atoms with Crippen molar-refractivity contribution in [3.05, 3.63) is 74.8 Å². The number of nitrogens with zero attached hydrogens (tertiary/aromatic N) is 6. The standard InChI is InChI=1S/C22H23N7O3/c1-22(2,3)15-12-17(29(26-15)16-8-6-7-11-23-16)25-19(30)14-10-9-13-18(24-14)27(4)21(32)28(5)20(13)31/h6-12H,1-5H3,(H,25,30). The zero-order valence-corrected chi connectivity index (χ0v) is 18.4. The first-order chi connectivity index (χ1) is 15.1. The molecule has 4 heterocycles. The molecule has 0 atom stereocenters. The molecule has 4 aromatic heterocycles. The van der Waals surface area contributed by atoms with Crippen LogP contribution in [0.2, 0.25) is 0 Å². The summed E-state index contributed by atoms with van der Waals surface area (Å²) in [6.45, 7) is 6.07. The third-order valence-corrected chi connectivity index (χ3v) is 5.12. The minimum Gasteiger partial charge on any atom is -0.305 e. The van der Waals surface area contributed by atoms with Gasteiger partial charge in [0.15, 0.2) is 5.82 Å². The van der Waals surface area contributed by atoms with E-state index in [0.29, 0.717) is 11.6 Å². The predicted molar refractivity (Wildman–Crippen MR) is 120 cm³/mol. The maximum Gasteiger partial charge on any atom is 0.332 e. The van der Waals surface area contributed by atoms with Crippen molar-refractivity contribution in [3.63, 3.8) is 0 Å². The highest BCUT2D eigenvalue weighted by atomic mass is 16.2. The number of aromatic nitrogens is 6. The lowest BCUT2D eigenvalue weighted by Crippen LogP contribution is -2.37. The summed E-state index contributed by atoms with van der Waals surface area (Å²) in [5.41, 5.74) is -0.262. The molecule has 0 fully saturated rings. The number of carbonyl (C=O) groups excluding carboxylic acids is 1. The van der Waals surface area contributed by atoms with E-state index in [9.17, 15) is 14.4 Å². The second-order valence-corrected chi connectivity index (χ2v) is 8.49. The molecule has 32 heavy (non-hydrogen) atoms. The predicted octanol–water partition coefficient (Wildman–Crippen LogP) is 1.76. The summed E-state index contributed by atoms with van der Waals surface area (Å²) in [4.78, 5) is 46.3. The second-order valence-electron chi connectivity index (χ2n) is 8.49. The van der Waals surface area contributed by atoms with Crippen LogP contribution in [0, 0.1) is 0 Å². The topological polar surface area (TPSA) is 117 Å². The third kappa shape index (κ3) is 3.59. The Labute approximate surface area is 183 Å². The van der Waals surface area contributed by atoms with Crippen molar-refractivity contribution < 1.29 is 4.79 Å². The molecule has 1 N–H and O–H groups in total. The Morgan fingerprint density at radius 2 is 1.78 bits per heavy atom. The minimum atomic E-state index is -0.518. The molecule has 10 nitrogen and oxygen atoms in total. The maximum atomic E-state index is 13.0. The minimum absolute atomic E-state index is 0.0619. The summed E-state index contributed by atoms with van der Waals surface area (Å²) in [5.74, 6) is 0.478. The number of hydrogen-bond donors (Lipinski definition) is 1. The Kier molecular flexibility index (Phi) is 5.00. The van der Waals surface area contributed by atoms with Gasteiger partial charge < -0.3 is 5.32 Å². The number of fused-ring (bicyclic) bond motifs is 1. The van der Waals surface area contributed by atoms with Gasteiger partial charge in [0.25, 0.3) is 11.5 Å². The molecular weight excluding hydrogens is 410 g/mol. The van der Waals surface area contributed by atoms with E-state index < -0.39 is 17.2 Å². The van der Waals surface area contributed by atoms with Crippen molar-refractivity contribution in [2.75, 3.05) is 5.32 Å². The number of nitrogens with one attached hydrogen (secondary N) is 1. The highest BCUT2D eigenvalue weighted by Gasteiger charge is 2.23. The molecule has 0 radical (unpaired) electrons. The lowest BCUT2D eigenvalue weighted by Gasteiger charge is -2.13. The van der Waals surface area contributed by atoms with E-state index >= 15 is 0 Å². The average Bonchev–Trinajstić information content (AvgIpc) is 3.20. The maximum absolute atomic E-state index is 13.0. The van der Waals surface area contributed by atoms with Crippen LogP contribution < -0.4 is 16.6 Å². The molecule has 164 valence electrons. The van der Waals surface area contributed by atoms with Crippen LogP contribution in [-0.2, 0) is 19.5 Å². The molecule has 0 aliphatic carbocycles. The molecule has 0 aliphatic rings. The second kappa shape index (κ2) is 7.56. The monoisotopic (exact) mass is 433 g/mol. The zero-order chi connectivity index (χ0) is 23.2. The summed E-state index contributed by atoms with van der Waals surface area (Å²) in [7, 11) is 2.90.